The van der Waals surface area contributed by atoms with Gasteiger partial charge in [0.25, 0.3) is 0 Å². The Bertz CT molecular complexity index is 242. The fourth-order valence-electron chi connectivity index (χ4n) is 1.99. The average Bonchev–Trinajstić information content (AvgIpc) is 2.93. The molecule has 1 aliphatic carbocycles. The third-order valence-corrected chi connectivity index (χ3v) is 2.86. The normalized spacial score (nSPS) is 34.4. The highest BCUT2D eigenvalue weighted by Gasteiger charge is 2.43. The van der Waals surface area contributed by atoms with E-state index in [9.17, 15) is 4.79 Å². The summed E-state index contributed by atoms with van der Waals surface area (Å²) in [5.74, 6) is 0.173. The zero-order valence-electron chi connectivity index (χ0n) is 8.07. The third-order valence-electron chi connectivity index (χ3n) is 2.86. The van der Waals surface area contributed by atoms with E-state index >= 15 is 0 Å². The van der Waals surface area contributed by atoms with Crippen molar-refractivity contribution >= 4 is 12.2 Å². The summed E-state index contributed by atoms with van der Waals surface area (Å²) in [6, 6.07) is 0. The van der Waals surface area contributed by atoms with Crippen LogP contribution in [0.2, 0.25) is 0 Å². The van der Waals surface area contributed by atoms with Crippen LogP contribution < -0.4 is 0 Å². The number of hydrogen-bond acceptors (Lipinski definition) is 4. The SMILES string of the molecule is N=CCC(=O)OCC1CCC2OC2C1. The average molecular weight is 197 g/mol. The Balaban J connectivity index is 1.64. The second kappa shape index (κ2) is 4.09. The number of carbonyl (C=O) groups excluding carboxylic acids is 1. The highest BCUT2D eigenvalue weighted by Crippen LogP contribution is 2.39. The molecule has 2 rings (SSSR count). The molecule has 4 nitrogen and oxygen atoms in total. The quantitative estimate of drug-likeness (QED) is 0.417. The fraction of sp³-hybridized carbons (Fsp3) is 0.800. The molecule has 1 aliphatic heterocycles. The predicted octanol–water partition coefficient (Wildman–Crippen LogP) is 1.14. The van der Waals surface area contributed by atoms with Crippen LogP contribution in [-0.4, -0.2) is 31.0 Å². The minimum absolute atomic E-state index is 0.0925. The van der Waals surface area contributed by atoms with Gasteiger partial charge in [0.05, 0.1) is 25.2 Å². The van der Waals surface area contributed by atoms with Gasteiger partial charge in [-0.15, -0.1) is 0 Å². The Morgan fingerprint density at radius 2 is 2.36 bits per heavy atom. The van der Waals surface area contributed by atoms with Gasteiger partial charge in [-0.1, -0.05) is 0 Å². The highest BCUT2D eigenvalue weighted by molar-refractivity contribution is 5.84. The molecule has 1 heterocycles. The molecule has 0 amide bonds. The molecule has 0 radical (unpaired) electrons. The number of rotatable bonds is 4. The van der Waals surface area contributed by atoms with Crippen molar-refractivity contribution < 1.29 is 14.3 Å². The number of fused-ring (bicyclic) bond motifs is 1. The molecule has 4 heteroatoms. The molecule has 2 aliphatic rings. The summed E-state index contributed by atoms with van der Waals surface area (Å²) in [4.78, 5) is 11.0. The lowest BCUT2D eigenvalue weighted by Crippen LogP contribution is -2.20. The fourth-order valence-corrected chi connectivity index (χ4v) is 1.99. The monoisotopic (exact) mass is 197 g/mol. The molecule has 1 N–H and O–H groups in total. The molecule has 2 fully saturated rings. The van der Waals surface area contributed by atoms with E-state index in [1.54, 1.807) is 0 Å². The molecule has 1 saturated heterocycles. The van der Waals surface area contributed by atoms with Gasteiger partial charge in [0.2, 0.25) is 0 Å². The first-order valence-electron chi connectivity index (χ1n) is 5.09. The van der Waals surface area contributed by atoms with E-state index in [1.807, 2.05) is 0 Å². The molecule has 0 spiro atoms. The summed E-state index contributed by atoms with van der Waals surface area (Å²) >= 11 is 0. The number of esters is 1. The summed E-state index contributed by atoms with van der Waals surface area (Å²) in [7, 11) is 0. The standard InChI is InChI=1S/C10H15NO3/c11-4-3-10(12)13-6-7-1-2-8-9(5-7)14-8/h4,7-9,11H,1-3,5-6H2. The summed E-state index contributed by atoms with van der Waals surface area (Å²) < 4.78 is 10.4. The number of ether oxygens (including phenoxy) is 2. The maximum atomic E-state index is 11.0. The van der Waals surface area contributed by atoms with Crippen LogP contribution in [0, 0.1) is 11.3 Å². The number of nitrogens with one attached hydrogen (secondary N) is 1. The molecule has 14 heavy (non-hydrogen) atoms. The van der Waals surface area contributed by atoms with E-state index in [0.717, 1.165) is 25.5 Å². The maximum Gasteiger partial charge on any atom is 0.311 e. The summed E-state index contributed by atoms with van der Waals surface area (Å²) in [5, 5.41) is 6.75. The molecule has 3 atom stereocenters. The van der Waals surface area contributed by atoms with Crippen LogP contribution in [0.5, 0.6) is 0 Å². The first kappa shape index (κ1) is 9.65. The smallest absolute Gasteiger partial charge is 0.311 e. The van der Waals surface area contributed by atoms with Gasteiger partial charge in [-0.25, -0.2) is 0 Å². The predicted molar refractivity (Wildman–Crippen MR) is 50.4 cm³/mol. The Morgan fingerprint density at radius 1 is 1.50 bits per heavy atom. The van der Waals surface area contributed by atoms with Gasteiger partial charge < -0.3 is 14.9 Å². The summed E-state index contributed by atoms with van der Waals surface area (Å²) in [6.45, 7) is 0.499. The van der Waals surface area contributed by atoms with Crippen molar-refractivity contribution in [3.05, 3.63) is 0 Å². The first-order valence-corrected chi connectivity index (χ1v) is 5.09. The highest BCUT2D eigenvalue weighted by atomic mass is 16.6. The zero-order chi connectivity index (χ0) is 9.97. The van der Waals surface area contributed by atoms with Crippen LogP contribution in [0.3, 0.4) is 0 Å². The van der Waals surface area contributed by atoms with Gasteiger partial charge in [-0.2, -0.15) is 0 Å². The van der Waals surface area contributed by atoms with Gasteiger partial charge in [0.15, 0.2) is 0 Å². The van der Waals surface area contributed by atoms with Crippen LogP contribution in [0.25, 0.3) is 0 Å². The van der Waals surface area contributed by atoms with Crippen LogP contribution in [0.4, 0.5) is 0 Å². The molecule has 78 valence electrons. The van der Waals surface area contributed by atoms with Gasteiger partial charge in [-0.3, -0.25) is 4.79 Å². The van der Waals surface area contributed by atoms with Crippen molar-refractivity contribution in [3.8, 4) is 0 Å². The Labute approximate surface area is 83.1 Å². The lowest BCUT2D eigenvalue weighted by Gasteiger charge is -2.18. The van der Waals surface area contributed by atoms with Crippen LogP contribution in [-0.2, 0) is 14.3 Å². The van der Waals surface area contributed by atoms with Gasteiger partial charge in [0, 0.05) is 6.21 Å². The van der Waals surface area contributed by atoms with E-state index in [-0.39, 0.29) is 12.4 Å². The topological polar surface area (TPSA) is 62.7 Å². The van der Waals surface area contributed by atoms with Crippen molar-refractivity contribution in [1.29, 1.82) is 5.41 Å². The van der Waals surface area contributed by atoms with E-state index in [4.69, 9.17) is 14.9 Å². The van der Waals surface area contributed by atoms with E-state index in [1.165, 1.54) is 0 Å². The molecule has 0 aromatic heterocycles. The van der Waals surface area contributed by atoms with Gasteiger partial charge in [-0.05, 0) is 25.2 Å². The number of hydrogen-bond donors (Lipinski definition) is 1. The Kier molecular flexibility index (Phi) is 2.82. The maximum absolute atomic E-state index is 11.0. The van der Waals surface area contributed by atoms with Crippen LogP contribution in [0.15, 0.2) is 0 Å². The molecular weight excluding hydrogens is 182 g/mol. The molecule has 0 bridgehead atoms. The summed E-state index contributed by atoms with van der Waals surface area (Å²) in [5.41, 5.74) is 0. The third kappa shape index (κ3) is 2.32. The van der Waals surface area contributed by atoms with E-state index in [0.29, 0.717) is 24.7 Å². The van der Waals surface area contributed by atoms with Crippen molar-refractivity contribution in [3.63, 3.8) is 0 Å². The minimum atomic E-state index is -0.293. The number of epoxide rings is 1. The van der Waals surface area contributed by atoms with Crippen molar-refractivity contribution in [2.24, 2.45) is 5.92 Å². The van der Waals surface area contributed by atoms with Crippen LogP contribution >= 0.6 is 0 Å². The van der Waals surface area contributed by atoms with Gasteiger partial charge >= 0.3 is 5.97 Å². The van der Waals surface area contributed by atoms with Gasteiger partial charge in [0.1, 0.15) is 0 Å². The van der Waals surface area contributed by atoms with Crippen molar-refractivity contribution in [2.45, 2.75) is 37.9 Å². The minimum Gasteiger partial charge on any atom is -0.465 e. The Morgan fingerprint density at radius 3 is 3.07 bits per heavy atom. The molecule has 0 aromatic carbocycles. The molecule has 0 aromatic rings. The molecule has 3 unspecified atom stereocenters. The second-order valence-corrected chi connectivity index (χ2v) is 3.98. The molecule has 1 saturated carbocycles. The number of carbonyl (C=O) groups is 1. The summed E-state index contributed by atoms with van der Waals surface area (Å²) in [6.07, 6.45) is 5.34. The largest absolute Gasteiger partial charge is 0.465 e. The van der Waals surface area contributed by atoms with E-state index < -0.39 is 0 Å². The Hall–Kier alpha value is -0.900. The zero-order valence-corrected chi connectivity index (χ0v) is 8.07. The molecular formula is C10H15NO3. The van der Waals surface area contributed by atoms with Crippen LogP contribution in [0.1, 0.15) is 25.7 Å². The lowest BCUT2D eigenvalue weighted by atomic mass is 9.90. The van der Waals surface area contributed by atoms with E-state index in [2.05, 4.69) is 0 Å². The first-order chi connectivity index (χ1) is 6.79. The lowest BCUT2D eigenvalue weighted by molar-refractivity contribution is -0.143. The van der Waals surface area contributed by atoms with Crippen molar-refractivity contribution in [1.82, 2.24) is 0 Å². The van der Waals surface area contributed by atoms with Crippen molar-refractivity contribution in [2.75, 3.05) is 6.61 Å². The second-order valence-electron chi connectivity index (χ2n) is 3.98.